The molecule has 2 aliphatic rings. The molecule has 2 saturated heterocycles. The van der Waals surface area contributed by atoms with Crippen LogP contribution in [0.3, 0.4) is 0 Å². The summed E-state index contributed by atoms with van der Waals surface area (Å²) in [5, 5.41) is 3.65. The molecular formula is C30H44N8O2. The number of fused-ring (bicyclic) bond motifs is 1. The van der Waals surface area contributed by atoms with Gasteiger partial charge < -0.3 is 29.3 Å². The van der Waals surface area contributed by atoms with Crippen molar-refractivity contribution < 1.29 is 9.53 Å². The number of imidazole rings is 1. The molecule has 1 atom stereocenters. The molecule has 216 valence electrons. The van der Waals surface area contributed by atoms with E-state index in [1.54, 1.807) is 0 Å². The molecule has 0 bridgehead atoms. The number of morpholine rings is 1. The highest BCUT2D eigenvalue weighted by Gasteiger charge is 2.28. The number of carbonyl (C=O) groups is 1. The average molecular weight is 549 g/mol. The Morgan fingerprint density at radius 2 is 1.82 bits per heavy atom. The zero-order chi connectivity index (χ0) is 27.9. The van der Waals surface area contributed by atoms with Gasteiger partial charge in [0.05, 0.1) is 26.1 Å². The molecule has 10 heteroatoms. The SMILES string of the molecule is CCCCC(CC)CNc1nc(N2CCN(C(=O)N3CCOCC3)CC2)nc2c1ncn2Cc1cccc(C)c1. The van der Waals surface area contributed by atoms with Gasteiger partial charge in [0.25, 0.3) is 0 Å². The lowest BCUT2D eigenvalue weighted by molar-refractivity contribution is 0.0428. The van der Waals surface area contributed by atoms with Gasteiger partial charge in [0.2, 0.25) is 5.95 Å². The predicted molar refractivity (Wildman–Crippen MR) is 159 cm³/mol. The van der Waals surface area contributed by atoms with Crippen molar-refractivity contribution in [1.29, 1.82) is 0 Å². The van der Waals surface area contributed by atoms with Gasteiger partial charge >= 0.3 is 6.03 Å². The third kappa shape index (κ3) is 6.66. The van der Waals surface area contributed by atoms with Crippen LogP contribution >= 0.6 is 0 Å². The van der Waals surface area contributed by atoms with E-state index >= 15 is 0 Å². The Balaban J connectivity index is 1.37. The van der Waals surface area contributed by atoms with Gasteiger partial charge in [-0.1, -0.05) is 62.9 Å². The van der Waals surface area contributed by atoms with E-state index in [0.29, 0.717) is 70.9 Å². The van der Waals surface area contributed by atoms with Crippen molar-refractivity contribution >= 4 is 29.0 Å². The Bertz CT molecular complexity index is 1260. The number of carbonyl (C=O) groups excluding carboxylic acids is 1. The molecule has 0 spiro atoms. The number of urea groups is 1. The lowest BCUT2D eigenvalue weighted by Gasteiger charge is -2.38. The van der Waals surface area contributed by atoms with Gasteiger partial charge in [0.1, 0.15) is 0 Å². The zero-order valence-electron chi connectivity index (χ0n) is 24.3. The number of rotatable bonds is 10. The summed E-state index contributed by atoms with van der Waals surface area (Å²) in [6.07, 6.45) is 6.67. The standard InChI is InChI=1S/C30H44N8O2/c1-4-6-9-24(5-2)20-31-27-26-28(38(22-32-26)21-25-10-7-8-23(3)19-25)34-29(33-27)35-11-13-36(14-12-35)30(39)37-15-17-40-18-16-37/h7-8,10,19,22,24H,4-6,9,11-18,20-21H2,1-3H3,(H,31,33,34). The summed E-state index contributed by atoms with van der Waals surface area (Å²) in [6.45, 7) is 13.4. The van der Waals surface area contributed by atoms with Crippen LogP contribution < -0.4 is 10.2 Å². The van der Waals surface area contributed by atoms with Crippen LogP contribution in [-0.2, 0) is 11.3 Å². The topological polar surface area (TPSA) is 91.7 Å². The number of unbranched alkanes of at least 4 members (excludes halogenated alkanes) is 1. The minimum atomic E-state index is 0.107. The quantitative estimate of drug-likeness (QED) is 0.402. The molecule has 1 unspecified atom stereocenters. The van der Waals surface area contributed by atoms with E-state index in [1.165, 1.54) is 30.4 Å². The van der Waals surface area contributed by atoms with Gasteiger partial charge in [-0.05, 0) is 24.8 Å². The maximum atomic E-state index is 13.0. The fraction of sp³-hybridized carbons (Fsp3) is 0.600. The molecule has 0 radical (unpaired) electrons. The number of anilines is 2. The van der Waals surface area contributed by atoms with Crippen molar-refractivity contribution in [2.75, 3.05) is 69.2 Å². The Labute approximate surface area is 237 Å². The molecule has 2 fully saturated rings. The maximum absolute atomic E-state index is 13.0. The van der Waals surface area contributed by atoms with Gasteiger partial charge in [0, 0.05) is 45.8 Å². The van der Waals surface area contributed by atoms with E-state index < -0.39 is 0 Å². The summed E-state index contributed by atoms with van der Waals surface area (Å²) in [5.74, 6) is 2.09. The number of hydrogen-bond donors (Lipinski definition) is 1. The normalized spacial score (nSPS) is 16.9. The Morgan fingerprint density at radius 3 is 2.55 bits per heavy atom. The highest BCUT2D eigenvalue weighted by Crippen LogP contribution is 2.25. The zero-order valence-corrected chi connectivity index (χ0v) is 24.3. The first-order chi connectivity index (χ1) is 19.6. The first-order valence-electron chi connectivity index (χ1n) is 14.9. The summed E-state index contributed by atoms with van der Waals surface area (Å²) in [4.78, 5) is 33.9. The number of aryl methyl sites for hydroxylation is 1. The van der Waals surface area contributed by atoms with Crippen molar-refractivity contribution in [3.63, 3.8) is 0 Å². The smallest absolute Gasteiger partial charge is 0.320 e. The second kappa shape index (κ2) is 13.3. The second-order valence-electron chi connectivity index (χ2n) is 11.1. The molecule has 1 N–H and O–H groups in total. The Kier molecular flexibility index (Phi) is 9.36. The van der Waals surface area contributed by atoms with Gasteiger partial charge in [0.15, 0.2) is 17.0 Å². The van der Waals surface area contributed by atoms with Crippen LogP contribution in [0, 0.1) is 12.8 Å². The third-order valence-electron chi connectivity index (χ3n) is 8.10. The second-order valence-corrected chi connectivity index (χ2v) is 11.1. The molecule has 40 heavy (non-hydrogen) atoms. The predicted octanol–water partition coefficient (Wildman–Crippen LogP) is 4.39. The number of nitrogens with one attached hydrogen (secondary N) is 1. The monoisotopic (exact) mass is 548 g/mol. The minimum Gasteiger partial charge on any atom is -0.378 e. The van der Waals surface area contributed by atoms with Crippen molar-refractivity contribution in [3.05, 3.63) is 41.7 Å². The van der Waals surface area contributed by atoms with E-state index in [4.69, 9.17) is 19.7 Å². The van der Waals surface area contributed by atoms with Crippen molar-refractivity contribution in [2.45, 2.75) is 53.0 Å². The molecule has 1 aromatic carbocycles. The highest BCUT2D eigenvalue weighted by molar-refractivity contribution is 5.84. The molecule has 5 rings (SSSR count). The number of nitrogens with zero attached hydrogens (tertiary/aromatic N) is 7. The number of amides is 2. The van der Waals surface area contributed by atoms with Crippen LogP contribution in [0.1, 0.15) is 50.7 Å². The molecule has 0 saturated carbocycles. The fourth-order valence-electron chi connectivity index (χ4n) is 5.56. The molecule has 0 aliphatic carbocycles. The van der Waals surface area contributed by atoms with Crippen LogP contribution in [0.2, 0.25) is 0 Å². The summed E-state index contributed by atoms with van der Waals surface area (Å²) in [7, 11) is 0. The van der Waals surface area contributed by atoms with Crippen molar-refractivity contribution in [1.82, 2.24) is 29.3 Å². The lowest BCUT2D eigenvalue weighted by Crippen LogP contribution is -2.55. The van der Waals surface area contributed by atoms with Gasteiger partial charge in [-0.15, -0.1) is 0 Å². The lowest BCUT2D eigenvalue weighted by atomic mass is 9.99. The van der Waals surface area contributed by atoms with E-state index in [0.717, 1.165) is 29.9 Å². The number of benzene rings is 1. The molecule has 2 amide bonds. The molecule has 2 aliphatic heterocycles. The van der Waals surface area contributed by atoms with Gasteiger partial charge in [-0.25, -0.2) is 9.78 Å². The first kappa shape index (κ1) is 28.1. The summed E-state index contributed by atoms with van der Waals surface area (Å²) in [6, 6.07) is 8.66. The van der Waals surface area contributed by atoms with E-state index in [-0.39, 0.29) is 6.03 Å². The van der Waals surface area contributed by atoms with Crippen LogP contribution in [0.4, 0.5) is 16.6 Å². The molecular weight excluding hydrogens is 504 g/mol. The minimum absolute atomic E-state index is 0.107. The number of aromatic nitrogens is 4. The van der Waals surface area contributed by atoms with Crippen LogP contribution in [0.5, 0.6) is 0 Å². The average Bonchev–Trinajstić information content (AvgIpc) is 3.40. The first-order valence-corrected chi connectivity index (χ1v) is 14.9. The third-order valence-corrected chi connectivity index (χ3v) is 8.10. The summed E-state index contributed by atoms with van der Waals surface area (Å²) >= 11 is 0. The molecule has 3 aromatic rings. The van der Waals surface area contributed by atoms with E-state index in [2.05, 4.69) is 59.8 Å². The van der Waals surface area contributed by atoms with Crippen molar-refractivity contribution in [2.24, 2.45) is 5.92 Å². The highest BCUT2D eigenvalue weighted by atomic mass is 16.5. The van der Waals surface area contributed by atoms with E-state index in [9.17, 15) is 4.79 Å². The molecule has 10 nitrogen and oxygen atoms in total. The number of piperazine rings is 1. The molecule has 4 heterocycles. The van der Waals surface area contributed by atoms with Crippen LogP contribution in [-0.4, -0.2) is 94.4 Å². The Morgan fingerprint density at radius 1 is 1.05 bits per heavy atom. The largest absolute Gasteiger partial charge is 0.378 e. The maximum Gasteiger partial charge on any atom is 0.320 e. The van der Waals surface area contributed by atoms with Crippen molar-refractivity contribution in [3.8, 4) is 0 Å². The van der Waals surface area contributed by atoms with Crippen LogP contribution in [0.25, 0.3) is 11.2 Å². The van der Waals surface area contributed by atoms with Crippen LogP contribution in [0.15, 0.2) is 30.6 Å². The van der Waals surface area contributed by atoms with E-state index in [1.807, 2.05) is 16.1 Å². The molecule has 2 aromatic heterocycles. The summed E-state index contributed by atoms with van der Waals surface area (Å²) in [5.41, 5.74) is 4.10. The van der Waals surface area contributed by atoms with Gasteiger partial charge in [-0.2, -0.15) is 9.97 Å². The Hall–Kier alpha value is -3.40. The van der Waals surface area contributed by atoms with Gasteiger partial charge in [-0.3, -0.25) is 0 Å². The summed E-state index contributed by atoms with van der Waals surface area (Å²) < 4.78 is 7.53. The number of ether oxygens (including phenoxy) is 1. The number of hydrogen-bond acceptors (Lipinski definition) is 7. The fourth-order valence-corrected chi connectivity index (χ4v) is 5.56.